The van der Waals surface area contributed by atoms with Gasteiger partial charge in [-0.2, -0.15) is 0 Å². The first-order valence-corrected chi connectivity index (χ1v) is 7.81. The molecule has 0 saturated heterocycles. The number of rotatable bonds is 6. The Morgan fingerprint density at radius 3 is 3.05 bits per heavy atom. The van der Waals surface area contributed by atoms with Crippen LogP contribution in [0.2, 0.25) is 0 Å². The largest absolute Gasteiger partial charge is 0.381 e. The highest BCUT2D eigenvalue weighted by molar-refractivity contribution is 14.1. The molecule has 0 amide bonds. The molecule has 2 aromatic rings. The summed E-state index contributed by atoms with van der Waals surface area (Å²) in [7, 11) is 0. The molecule has 1 saturated carbocycles. The lowest BCUT2D eigenvalue weighted by Gasteiger charge is -2.07. The molecule has 1 fully saturated rings. The van der Waals surface area contributed by atoms with Gasteiger partial charge in [0.1, 0.15) is 0 Å². The second-order valence-corrected chi connectivity index (χ2v) is 6.37. The van der Waals surface area contributed by atoms with Crippen LogP contribution in [0.1, 0.15) is 19.3 Å². The van der Waals surface area contributed by atoms with Crippen LogP contribution in [-0.2, 0) is 11.3 Å². The van der Waals surface area contributed by atoms with Crippen LogP contribution in [0.25, 0.3) is 11.0 Å². The van der Waals surface area contributed by atoms with Crippen molar-refractivity contribution >= 4 is 39.6 Å². The van der Waals surface area contributed by atoms with Gasteiger partial charge in [-0.1, -0.05) is 0 Å². The number of anilines is 1. The van der Waals surface area contributed by atoms with Gasteiger partial charge in [0.25, 0.3) is 0 Å². The van der Waals surface area contributed by atoms with E-state index in [0.717, 1.165) is 43.1 Å². The van der Waals surface area contributed by atoms with Crippen LogP contribution < -0.4 is 5.73 Å². The van der Waals surface area contributed by atoms with Crippen LogP contribution in [0.5, 0.6) is 0 Å². The number of halogens is 1. The van der Waals surface area contributed by atoms with Crippen LogP contribution in [0, 0.1) is 9.49 Å². The van der Waals surface area contributed by atoms with Gasteiger partial charge in [0, 0.05) is 23.3 Å². The predicted octanol–water partition coefficient (Wildman–Crippen LogP) is 3.04. The van der Waals surface area contributed by atoms with E-state index < -0.39 is 0 Å². The third-order valence-electron chi connectivity index (χ3n) is 3.46. The van der Waals surface area contributed by atoms with Gasteiger partial charge in [-0.3, -0.25) is 0 Å². The summed E-state index contributed by atoms with van der Waals surface area (Å²) in [6.07, 6.45) is 3.67. The van der Waals surface area contributed by atoms with Crippen molar-refractivity contribution in [1.82, 2.24) is 9.55 Å². The molecular formula is C14H18IN3O. The van der Waals surface area contributed by atoms with E-state index in [9.17, 15) is 0 Å². The van der Waals surface area contributed by atoms with Gasteiger partial charge < -0.3 is 15.0 Å². The molecule has 0 atom stereocenters. The molecule has 1 aliphatic rings. The van der Waals surface area contributed by atoms with Crippen LogP contribution in [-0.4, -0.2) is 22.8 Å². The van der Waals surface area contributed by atoms with E-state index in [1.165, 1.54) is 16.4 Å². The predicted molar refractivity (Wildman–Crippen MR) is 85.0 cm³/mol. The summed E-state index contributed by atoms with van der Waals surface area (Å²) in [6.45, 7) is 2.60. The van der Waals surface area contributed by atoms with Crippen molar-refractivity contribution in [1.29, 1.82) is 0 Å². The highest BCUT2D eigenvalue weighted by Crippen LogP contribution is 2.28. The van der Waals surface area contributed by atoms with Crippen molar-refractivity contribution in [3.63, 3.8) is 0 Å². The number of hydrogen-bond acceptors (Lipinski definition) is 3. The second kappa shape index (κ2) is 5.66. The second-order valence-electron chi connectivity index (χ2n) is 5.13. The number of benzene rings is 1. The maximum absolute atomic E-state index is 5.98. The van der Waals surface area contributed by atoms with E-state index in [2.05, 4.69) is 50.3 Å². The van der Waals surface area contributed by atoms with Crippen molar-refractivity contribution in [3.05, 3.63) is 21.8 Å². The SMILES string of the molecule is Nc1nc2cc(I)ccc2n1CCCOCC1CC1. The Morgan fingerprint density at radius 2 is 2.26 bits per heavy atom. The number of aromatic nitrogens is 2. The smallest absolute Gasteiger partial charge is 0.201 e. The Hall–Kier alpha value is -0.820. The third kappa shape index (κ3) is 3.20. The summed E-state index contributed by atoms with van der Waals surface area (Å²) >= 11 is 2.29. The minimum atomic E-state index is 0.596. The van der Waals surface area contributed by atoms with E-state index in [1.807, 2.05) is 0 Å². The molecule has 0 spiro atoms. The fraction of sp³-hybridized carbons (Fsp3) is 0.500. The molecule has 1 aromatic carbocycles. The molecule has 19 heavy (non-hydrogen) atoms. The Morgan fingerprint density at radius 1 is 1.42 bits per heavy atom. The summed E-state index contributed by atoms with van der Waals surface area (Å²) in [5.74, 6) is 1.43. The van der Waals surface area contributed by atoms with Gasteiger partial charge in [0.15, 0.2) is 0 Å². The van der Waals surface area contributed by atoms with Gasteiger partial charge in [0.05, 0.1) is 11.0 Å². The molecule has 0 radical (unpaired) electrons. The zero-order valence-electron chi connectivity index (χ0n) is 10.8. The van der Waals surface area contributed by atoms with E-state index in [4.69, 9.17) is 10.5 Å². The molecule has 4 nitrogen and oxygen atoms in total. The molecule has 2 N–H and O–H groups in total. The fourth-order valence-corrected chi connectivity index (χ4v) is 2.69. The molecule has 1 heterocycles. The van der Waals surface area contributed by atoms with Gasteiger partial charge in [-0.15, -0.1) is 0 Å². The number of aryl methyl sites for hydroxylation is 1. The standard InChI is InChI=1S/C14H18IN3O/c15-11-4-5-13-12(8-11)17-14(16)18(13)6-1-7-19-9-10-2-3-10/h4-5,8,10H,1-3,6-7,9H2,(H2,16,17). The van der Waals surface area contributed by atoms with E-state index in [0.29, 0.717) is 5.95 Å². The topological polar surface area (TPSA) is 53.1 Å². The quantitative estimate of drug-likeness (QED) is 0.627. The molecule has 3 rings (SSSR count). The summed E-state index contributed by atoms with van der Waals surface area (Å²) in [5, 5.41) is 0. The number of fused-ring (bicyclic) bond motifs is 1. The molecule has 0 bridgehead atoms. The van der Waals surface area contributed by atoms with E-state index in [1.54, 1.807) is 0 Å². The van der Waals surface area contributed by atoms with Crippen molar-refractivity contribution in [2.75, 3.05) is 18.9 Å². The zero-order valence-corrected chi connectivity index (χ0v) is 13.0. The zero-order chi connectivity index (χ0) is 13.2. The van der Waals surface area contributed by atoms with Crippen LogP contribution >= 0.6 is 22.6 Å². The maximum atomic E-state index is 5.98. The van der Waals surface area contributed by atoms with Gasteiger partial charge in [-0.05, 0) is 66.0 Å². The van der Waals surface area contributed by atoms with Gasteiger partial charge >= 0.3 is 0 Å². The minimum Gasteiger partial charge on any atom is -0.381 e. The normalized spacial score (nSPS) is 15.2. The van der Waals surface area contributed by atoms with Crippen LogP contribution in [0.3, 0.4) is 0 Å². The molecule has 5 heteroatoms. The lowest BCUT2D eigenvalue weighted by molar-refractivity contribution is 0.119. The lowest BCUT2D eigenvalue weighted by Crippen LogP contribution is -2.07. The summed E-state index contributed by atoms with van der Waals surface area (Å²) in [6, 6.07) is 6.24. The maximum Gasteiger partial charge on any atom is 0.201 e. The van der Waals surface area contributed by atoms with Crippen LogP contribution in [0.15, 0.2) is 18.2 Å². The van der Waals surface area contributed by atoms with E-state index >= 15 is 0 Å². The number of nitrogens with zero attached hydrogens (tertiary/aromatic N) is 2. The highest BCUT2D eigenvalue weighted by atomic mass is 127. The Bertz CT molecular complexity index is 577. The summed E-state index contributed by atoms with van der Waals surface area (Å²) < 4.78 is 8.91. The number of nitrogens with two attached hydrogens (primary N) is 1. The Balaban J connectivity index is 1.61. The monoisotopic (exact) mass is 371 g/mol. The van der Waals surface area contributed by atoms with E-state index in [-0.39, 0.29) is 0 Å². The molecule has 0 aliphatic heterocycles. The highest BCUT2D eigenvalue weighted by Gasteiger charge is 2.20. The van der Waals surface area contributed by atoms with Crippen molar-refractivity contribution in [2.24, 2.45) is 5.92 Å². The third-order valence-corrected chi connectivity index (χ3v) is 4.13. The van der Waals surface area contributed by atoms with Crippen molar-refractivity contribution in [3.8, 4) is 0 Å². The molecule has 1 aromatic heterocycles. The first-order valence-electron chi connectivity index (χ1n) is 6.73. The average Bonchev–Trinajstić information content (AvgIpc) is 3.14. The summed E-state index contributed by atoms with van der Waals surface area (Å²) in [5.41, 5.74) is 8.07. The van der Waals surface area contributed by atoms with Gasteiger partial charge in [-0.25, -0.2) is 4.98 Å². The fourth-order valence-electron chi connectivity index (χ4n) is 2.22. The molecular weight excluding hydrogens is 353 g/mol. The number of ether oxygens (including phenoxy) is 1. The van der Waals surface area contributed by atoms with Crippen LogP contribution in [0.4, 0.5) is 5.95 Å². The first-order chi connectivity index (χ1) is 9.24. The summed E-state index contributed by atoms with van der Waals surface area (Å²) in [4.78, 5) is 4.41. The lowest BCUT2D eigenvalue weighted by atomic mass is 10.3. The number of imidazole rings is 1. The van der Waals surface area contributed by atoms with Gasteiger partial charge in [0.2, 0.25) is 5.95 Å². The molecule has 0 unspecified atom stereocenters. The van der Waals surface area contributed by atoms with Crippen molar-refractivity contribution < 1.29 is 4.74 Å². The molecule has 102 valence electrons. The minimum absolute atomic E-state index is 0.596. The number of hydrogen-bond donors (Lipinski definition) is 1. The first kappa shape index (κ1) is 13.2. The van der Waals surface area contributed by atoms with Crippen molar-refractivity contribution in [2.45, 2.75) is 25.8 Å². The average molecular weight is 371 g/mol. The molecule has 1 aliphatic carbocycles. The Kier molecular flexibility index (Phi) is 3.93. The Labute approximate surface area is 126 Å². The number of nitrogen functional groups attached to an aromatic ring is 1.